The van der Waals surface area contributed by atoms with Crippen LogP contribution >= 0.6 is 23.2 Å². The first-order valence-corrected chi connectivity index (χ1v) is 7.69. The van der Waals surface area contributed by atoms with Gasteiger partial charge in [-0.3, -0.25) is 0 Å². The van der Waals surface area contributed by atoms with Gasteiger partial charge in [-0.2, -0.15) is 0 Å². The minimum atomic E-state index is 0.721. The molecule has 2 nitrogen and oxygen atoms in total. The first-order valence-electron chi connectivity index (χ1n) is 6.93. The van der Waals surface area contributed by atoms with E-state index in [-0.39, 0.29) is 0 Å². The molecule has 0 N–H and O–H groups in total. The molecule has 0 saturated carbocycles. The van der Waals surface area contributed by atoms with Crippen molar-refractivity contribution in [3.63, 3.8) is 0 Å². The average molecular weight is 327 g/mol. The van der Waals surface area contributed by atoms with Crippen LogP contribution in [0.25, 0.3) is 33.1 Å². The Bertz CT molecular complexity index is 1020. The molecule has 4 aromatic rings. The summed E-state index contributed by atoms with van der Waals surface area (Å²) in [5.41, 5.74) is 4.08. The third-order valence-corrected chi connectivity index (χ3v) is 4.35. The van der Waals surface area contributed by atoms with Crippen molar-refractivity contribution in [1.82, 2.24) is 9.55 Å². The smallest absolute Gasteiger partial charge is 0.0731 e. The Morgan fingerprint density at radius 3 is 2.55 bits per heavy atom. The Labute approximate surface area is 137 Å². The van der Waals surface area contributed by atoms with E-state index in [0.717, 1.165) is 43.1 Å². The number of aromatic nitrogens is 2. The highest BCUT2D eigenvalue weighted by atomic mass is 35.5. The lowest BCUT2D eigenvalue weighted by atomic mass is 10.1. The molecule has 2 aromatic carbocycles. The normalized spacial score (nSPS) is 11.4. The minimum Gasteiger partial charge on any atom is -0.350 e. The topological polar surface area (TPSA) is 17.8 Å². The van der Waals surface area contributed by atoms with Crippen LogP contribution in [0.4, 0.5) is 0 Å². The molecule has 0 amide bonds. The molecule has 4 rings (SSSR count). The number of pyridine rings is 1. The van der Waals surface area contributed by atoms with Gasteiger partial charge in [0, 0.05) is 45.1 Å². The highest BCUT2D eigenvalue weighted by molar-refractivity contribution is 6.31. The number of rotatable bonds is 1. The Kier molecular flexibility index (Phi) is 3.10. The third kappa shape index (κ3) is 2.16. The fourth-order valence-corrected chi connectivity index (χ4v) is 3.17. The standard InChI is InChI=1S/C18H12Cl2N2/c1-22-10-15(14-9-13(20)4-7-18(14)22)17-5-2-11-8-12(19)3-6-16(11)21-17/h2-10H,1H3. The van der Waals surface area contributed by atoms with Crippen molar-refractivity contribution >= 4 is 45.0 Å². The largest absolute Gasteiger partial charge is 0.350 e. The fourth-order valence-electron chi connectivity index (χ4n) is 2.81. The second-order valence-corrected chi connectivity index (χ2v) is 6.22. The van der Waals surface area contributed by atoms with Crippen LogP contribution in [0, 0.1) is 0 Å². The Morgan fingerprint density at radius 2 is 1.68 bits per heavy atom. The summed E-state index contributed by atoms with van der Waals surface area (Å²) in [5, 5.41) is 3.59. The predicted molar refractivity (Wildman–Crippen MR) is 93.7 cm³/mol. The van der Waals surface area contributed by atoms with Gasteiger partial charge in [0.05, 0.1) is 11.2 Å². The molecule has 0 saturated heterocycles. The molecule has 0 aliphatic heterocycles. The minimum absolute atomic E-state index is 0.721. The van der Waals surface area contributed by atoms with E-state index in [1.807, 2.05) is 55.6 Å². The third-order valence-electron chi connectivity index (χ3n) is 3.88. The fraction of sp³-hybridized carbons (Fsp3) is 0.0556. The van der Waals surface area contributed by atoms with E-state index >= 15 is 0 Å². The molecule has 0 aliphatic rings. The SMILES string of the molecule is Cn1cc(-c2ccc3cc(Cl)ccc3n2)c2cc(Cl)ccc21. The van der Waals surface area contributed by atoms with E-state index < -0.39 is 0 Å². The van der Waals surface area contributed by atoms with Gasteiger partial charge >= 0.3 is 0 Å². The molecule has 0 bridgehead atoms. The van der Waals surface area contributed by atoms with Gasteiger partial charge in [0.15, 0.2) is 0 Å². The van der Waals surface area contributed by atoms with Crippen LogP contribution in [0.15, 0.2) is 54.7 Å². The van der Waals surface area contributed by atoms with E-state index in [2.05, 4.69) is 10.8 Å². The van der Waals surface area contributed by atoms with E-state index in [9.17, 15) is 0 Å². The van der Waals surface area contributed by atoms with Gasteiger partial charge in [0.25, 0.3) is 0 Å². The van der Waals surface area contributed by atoms with Crippen LogP contribution in [-0.4, -0.2) is 9.55 Å². The number of hydrogen-bond acceptors (Lipinski definition) is 1. The molecule has 108 valence electrons. The molecule has 0 aliphatic carbocycles. The Balaban J connectivity index is 1.98. The lowest BCUT2D eigenvalue weighted by Crippen LogP contribution is -1.85. The molecule has 0 spiro atoms. The molecular formula is C18H12Cl2N2. The van der Waals surface area contributed by atoms with E-state index in [1.165, 1.54) is 0 Å². The maximum atomic E-state index is 6.16. The van der Waals surface area contributed by atoms with E-state index in [0.29, 0.717) is 0 Å². The van der Waals surface area contributed by atoms with Crippen molar-refractivity contribution in [3.05, 3.63) is 64.8 Å². The Hall–Kier alpha value is -2.03. The van der Waals surface area contributed by atoms with Gasteiger partial charge < -0.3 is 4.57 Å². The van der Waals surface area contributed by atoms with Crippen molar-refractivity contribution in [2.45, 2.75) is 0 Å². The Morgan fingerprint density at radius 1 is 0.909 bits per heavy atom. The number of halogens is 2. The summed E-state index contributed by atoms with van der Waals surface area (Å²) < 4.78 is 2.09. The first kappa shape index (κ1) is 13.6. The molecule has 2 heterocycles. The lowest BCUT2D eigenvalue weighted by Gasteiger charge is -2.03. The van der Waals surface area contributed by atoms with E-state index in [4.69, 9.17) is 28.2 Å². The van der Waals surface area contributed by atoms with Gasteiger partial charge in [-0.15, -0.1) is 0 Å². The summed E-state index contributed by atoms with van der Waals surface area (Å²) >= 11 is 12.2. The van der Waals surface area contributed by atoms with Crippen LogP contribution < -0.4 is 0 Å². The second kappa shape index (κ2) is 5.01. The van der Waals surface area contributed by atoms with Gasteiger partial charge in [0.1, 0.15) is 0 Å². The summed E-state index contributed by atoms with van der Waals surface area (Å²) in [6, 6.07) is 15.7. The summed E-state index contributed by atoms with van der Waals surface area (Å²) in [6.45, 7) is 0. The van der Waals surface area contributed by atoms with Crippen molar-refractivity contribution in [1.29, 1.82) is 0 Å². The van der Waals surface area contributed by atoms with Crippen molar-refractivity contribution in [2.24, 2.45) is 7.05 Å². The maximum Gasteiger partial charge on any atom is 0.0731 e. The molecular weight excluding hydrogens is 315 g/mol. The molecule has 0 fully saturated rings. The van der Waals surface area contributed by atoms with Gasteiger partial charge in [-0.25, -0.2) is 4.98 Å². The van der Waals surface area contributed by atoms with Gasteiger partial charge in [-0.1, -0.05) is 29.3 Å². The van der Waals surface area contributed by atoms with Crippen LogP contribution in [-0.2, 0) is 7.05 Å². The highest BCUT2D eigenvalue weighted by Gasteiger charge is 2.11. The van der Waals surface area contributed by atoms with Gasteiger partial charge in [-0.05, 0) is 42.5 Å². The zero-order valence-corrected chi connectivity index (χ0v) is 13.4. The van der Waals surface area contributed by atoms with Crippen LogP contribution in [0.1, 0.15) is 0 Å². The van der Waals surface area contributed by atoms with E-state index in [1.54, 1.807) is 0 Å². The number of fused-ring (bicyclic) bond motifs is 2. The summed E-state index contributed by atoms with van der Waals surface area (Å²) in [7, 11) is 2.03. The van der Waals surface area contributed by atoms with Crippen molar-refractivity contribution in [3.8, 4) is 11.3 Å². The number of aryl methyl sites for hydroxylation is 1. The molecule has 2 aromatic heterocycles. The zero-order valence-electron chi connectivity index (χ0n) is 11.8. The molecule has 0 radical (unpaired) electrons. The second-order valence-electron chi connectivity index (χ2n) is 5.35. The lowest BCUT2D eigenvalue weighted by molar-refractivity contribution is 0.969. The van der Waals surface area contributed by atoms with Crippen LogP contribution in [0.3, 0.4) is 0 Å². The molecule has 0 unspecified atom stereocenters. The molecule has 0 atom stereocenters. The molecule has 4 heteroatoms. The highest BCUT2D eigenvalue weighted by Crippen LogP contribution is 2.32. The zero-order chi connectivity index (χ0) is 15.3. The number of nitrogens with zero attached hydrogens (tertiary/aromatic N) is 2. The van der Waals surface area contributed by atoms with Gasteiger partial charge in [0.2, 0.25) is 0 Å². The molecule has 22 heavy (non-hydrogen) atoms. The first-order chi connectivity index (χ1) is 10.6. The maximum absolute atomic E-state index is 6.16. The van der Waals surface area contributed by atoms with Crippen LogP contribution in [0.2, 0.25) is 10.0 Å². The number of benzene rings is 2. The van der Waals surface area contributed by atoms with Crippen molar-refractivity contribution in [2.75, 3.05) is 0 Å². The summed E-state index contributed by atoms with van der Waals surface area (Å²) in [5.74, 6) is 0. The average Bonchev–Trinajstić information content (AvgIpc) is 2.83. The predicted octanol–water partition coefficient (Wildman–Crippen LogP) is 5.70. The van der Waals surface area contributed by atoms with Crippen LogP contribution in [0.5, 0.6) is 0 Å². The number of hydrogen-bond donors (Lipinski definition) is 0. The quantitative estimate of drug-likeness (QED) is 0.438. The monoisotopic (exact) mass is 326 g/mol. The summed E-state index contributed by atoms with van der Waals surface area (Å²) in [4.78, 5) is 4.76. The summed E-state index contributed by atoms with van der Waals surface area (Å²) in [6.07, 6.45) is 2.09. The van der Waals surface area contributed by atoms with Crippen molar-refractivity contribution < 1.29 is 0 Å².